The van der Waals surface area contributed by atoms with Crippen LogP contribution in [0, 0.1) is 11.7 Å². The number of rotatable bonds is 5. The first kappa shape index (κ1) is 15.5. The van der Waals surface area contributed by atoms with E-state index in [0.717, 1.165) is 5.56 Å². The van der Waals surface area contributed by atoms with Crippen LogP contribution in [0.2, 0.25) is 0 Å². The molecule has 0 bridgehead atoms. The van der Waals surface area contributed by atoms with E-state index in [-0.39, 0.29) is 11.8 Å². The fraction of sp³-hybridized carbons (Fsp3) is 0.471. The second kappa shape index (κ2) is 8.45. The molecule has 1 aromatic carbocycles. The minimum Gasteiger partial charge on any atom is -0.338 e. The highest BCUT2D eigenvalue weighted by Gasteiger charge is 2.09. The molecule has 1 fully saturated rings. The molecule has 114 valence electrons. The van der Waals surface area contributed by atoms with Gasteiger partial charge < -0.3 is 10.6 Å². The summed E-state index contributed by atoms with van der Waals surface area (Å²) in [7, 11) is 0. The van der Waals surface area contributed by atoms with Gasteiger partial charge in [0.15, 0.2) is 0 Å². The average Bonchev–Trinajstić information content (AvgIpc) is 2.50. The Morgan fingerprint density at radius 2 is 1.90 bits per heavy atom. The van der Waals surface area contributed by atoms with Gasteiger partial charge in [-0.25, -0.2) is 9.18 Å². The fourth-order valence-corrected chi connectivity index (χ4v) is 2.61. The molecule has 1 aromatic rings. The molecule has 1 aliphatic rings. The Hall–Kier alpha value is -1.84. The van der Waals surface area contributed by atoms with Crippen molar-refractivity contribution in [2.24, 2.45) is 5.92 Å². The fourth-order valence-electron chi connectivity index (χ4n) is 2.61. The number of amides is 2. The van der Waals surface area contributed by atoms with Crippen LogP contribution in [0.15, 0.2) is 36.5 Å². The first-order valence-corrected chi connectivity index (χ1v) is 7.69. The van der Waals surface area contributed by atoms with Gasteiger partial charge in [-0.1, -0.05) is 37.5 Å². The molecule has 0 atom stereocenters. The Morgan fingerprint density at radius 1 is 1.19 bits per heavy atom. The van der Waals surface area contributed by atoms with Crippen LogP contribution >= 0.6 is 0 Å². The number of benzene rings is 1. The highest BCUT2D eigenvalue weighted by molar-refractivity contribution is 5.74. The van der Waals surface area contributed by atoms with Crippen molar-refractivity contribution in [2.75, 3.05) is 6.54 Å². The molecule has 3 nitrogen and oxygen atoms in total. The zero-order valence-corrected chi connectivity index (χ0v) is 12.3. The number of halogens is 1. The summed E-state index contributed by atoms with van der Waals surface area (Å²) >= 11 is 0. The van der Waals surface area contributed by atoms with E-state index in [2.05, 4.69) is 16.7 Å². The molecule has 4 heteroatoms. The van der Waals surface area contributed by atoms with Gasteiger partial charge in [-0.15, -0.1) is 0 Å². The number of hydrogen-bond donors (Lipinski definition) is 2. The SMILES string of the molecule is O=C(N/C=C/C1CCCCC1)NCCc1ccc(F)cc1. The second-order valence-electron chi connectivity index (χ2n) is 5.53. The van der Waals surface area contributed by atoms with E-state index in [4.69, 9.17) is 0 Å². The third kappa shape index (κ3) is 5.98. The quantitative estimate of drug-likeness (QED) is 0.851. The van der Waals surface area contributed by atoms with E-state index in [1.165, 1.54) is 44.2 Å². The van der Waals surface area contributed by atoms with Crippen molar-refractivity contribution in [3.05, 3.63) is 47.9 Å². The smallest absolute Gasteiger partial charge is 0.318 e. The van der Waals surface area contributed by atoms with E-state index < -0.39 is 0 Å². The summed E-state index contributed by atoms with van der Waals surface area (Å²) in [5, 5.41) is 5.52. The summed E-state index contributed by atoms with van der Waals surface area (Å²) in [6, 6.07) is 6.14. The Kier molecular flexibility index (Phi) is 6.25. The van der Waals surface area contributed by atoms with Gasteiger partial charge in [-0.05, 0) is 42.9 Å². The van der Waals surface area contributed by atoms with Crippen LogP contribution in [0.3, 0.4) is 0 Å². The van der Waals surface area contributed by atoms with Gasteiger partial charge in [-0.2, -0.15) is 0 Å². The molecule has 0 aliphatic heterocycles. The van der Waals surface area contributed by atoms with E-state index in [1.54, 1.807) is 18.3 Å². The number of carbonyl (C=O) groups is 1. The maximum atomic E-state index is 12.7. The molecule has 0 spiro atoms. The summed E-state index contributed by atoms with van der Waals surface area (Å²) in [4.78, 5) is 11.6. The van der Waals surface area contributed by atoms with Gasteiger partial charge in [0.1, 0.15) is 5.82 Å². The zero-order valence-electron chi connectivity index (χ0n) is 12.3. The van der Waals surface area contributed by atoms with Crippen molar-refractivity contribution in [3.8, 4) is 0 Å². The number of urea groups is 1. The molecule has 0 heterocycles. The average molecular weight is 290 g/mol. The number of nitrogens with one attached hydrogen (secondary N) is 2. The summed E-state index contributed by atoms with van der Waals surface area (Å²) in [6.45, 7) is 0.536. The van der Waals surface area contributed by atoms with Crippen molar-refractivity contribution in [1.82, 2.24) is 10.6 Å². The van der Waals surface area contributed by atoms with Gasteiger partial charge >= 0.3 is 6.03 Å². The van der Waals surface area contributed by atoms with Crippen LogP contribution in [0.5, 0.6) is 0 Å². The van der Waals surface area contributed by atoms with E-state index in [9.17, 15) is 9.18 Å². The van der Waals surface area contributed by atoms with Crippen molar-refractivity contribution in [1.29, 1.82) is 0 Å². The Labute approximate surface area is 125 Å². The monoisotopic (exact) mass is 290 g/mol. The minimum absolute atomic E-state index is 0.191. The van der Waals surface area contributed by atoms with Crippen molar-refractivity contribution in [2.45, 2.75) is 38.5 Å². The molecule has 2 N–H and O–H groups in total. The first-order valence-electron chi connectivity index (χ1n) is 7.69. The van der Waals surface area contributed by atoms with Crippen LogP contribution in [0.25, 0.3) is 0 Å². The zero-order chi connectivity index (χ0) is 14.9. The van der Waals surface area contributed by atoms with Crippen LogP contribution < -0.4 is 10.6 Å². The van der Waals surface area contributed by atoms with E-state index >= 15 is 0 Å². The van der Waals surface area contributed by atoms with Gasteiger partial charge in [0.05, 0.1) is 0 Å². The lowest BCUT2D eigenvalue weighted by molar-refractivity contribution is 0.244. The lowest BCUT2D eigenvalue weighted by atomic mass is 9.89. The lowest BCUT2D eigenvalue weighted by Gasteiger charge is -2.17. The third-order valence-corrected chi connectivity index (χ3v) is 3.85. The number of allylic oxidation sites excluding steroid dienone is 1. The number of hydrogen-bond acceptors (Lipinski definition) is 1. The van der Waals surface area contributed by atoms with Crippen molar-refractivity contribution >= 4 is 6.03 Å². The summed E-state index contributed by atoms with van der Waals surface area (Å²) in [5.41, 5.74) is 1.01. The molecule has 1 aliphatic carbocycles. The molecule has 2 amide bonds. The normalized spacial score (nSPS) is 16.0. The highest BCUT2D eigenvalue weighted by Crippen LogP contribution is 2.24. The molecular weight excluding hydrogens is 267 g/mol. The summed E-state index contributed by atoms with van der Waals surface area (Å²) < 4.78 is 12.7. The van der Waals surface area contributed by atoms with Crippen LogP contribution in [-0.4, -0.2) is 12.6 Å². The topological polar surface area (TPSA) is 41.1 Å². The van der Waals surface area contributed by atoms with Crippen molar-refractivity contribution in [3.63, 3.8) is 0 Å². The Balaban J connectivity index is 1.60. The third-order valence-electron chi connectivity index (χ3n) is 3.85. The summed E-state index contributed by atoms with van der Waals surface area (Å²) in [5.74, 6) is 0.371. The van der Waals surface area contributed by atoms with E-state index in [0.29, 0.717) is 18.9 Å². The summed E-state index contributed by atoms with van der Waals surface area (Å²) in [6.07, 6.45) is 10.9. The predicted molar refractivity (Wildman–Crippen MR) is 82.4 cm³/mol. The first-order chi connectivity index (χ1) is 10.2. The number of carbonyl (C=O) groups excluding carboxylic acids is 1. The molecule has 1 saturated carbocycles. The van der Waals surface area contributed by atoms with Gasteiger partial charge in [0.25, 0.3) is 0 Å². The maximum Gasteiger partial charge on any atom is 0.318 e. The molecule has 0 saturated heterocycles. The highest BCUT2D eigenvalue weighted by atomic mass is 19.1. The molecule has 21 heavy (non-hydrogen) atoms. The molecule has 0 unspecified atom stereocenters. The lowest BCUT2D eigenvalue weighted by Crippen LogP contribution is -2.33. The van der Waals surface area contributed by atoms with Crippen molar-refractivity contribution < 1.29 is 9.18 Å². The van der Waals surface area contributed by atoms with Gasteiger partial charge in [0, 0.05) is 12.7 Å². The maximum absolute atomic E-state index is 12.7. The molecule has 2 rings (SSSR count). The molecule has 0 aromatic heterocycles. The standard InChI is InChI=1S/C17H23FN2O/c18-16-8-6-15(7-9-16)11-13-20-17(21)19-12-10-14-4-2-1-3-5-14/h6-10,12,14H,1-5,11,13H2,(H2,19,20,21)/b12-10+. The second-order valence-corrected chi connectivity index (χ2v) is 5.53. The molecule has 0 radical (unpaired) electrons. The Bertz CT molecular complexity index is 464. The van der Waals surface area contributed by atoms with E-state index in [1.807, 2.05) is 0 Å². The Morgan fingerprint density at radius 3 is 2.62 bits per heavy atom. The predicted octanol–water partition coefficient (Wildman–Crippen LogP) is 3.76. The van der Waals surface area contributed by atoms with Crippen LogP contribution in [-0.2, 0) is 6.42 Å². The van der Waals surface area contributed by atoms with Crippen LogP contribution in [0.4, 0.5) is 9.18 Å². The molecular formula is C17H23FN2O. The van der Waals surface area contributed by atoms with Crippen LogP contribution in [0.1, 0.15) is 37.7 Å². The van der Waals surface area contributed by atoms with Gasteiger partial charge in [0.2, 0.25) is 0 Å². The minimum atomic E-state index is -0.239. The van der Waals surface area contributed by atoms with Gasteiger partial charge in [-0.3, -0.25) is 0 Å². The largest absolute Gasteiger partial charge is 0.338 e.